The van der Waals surface area contributed by atoms with Gasteiger partial charge in [0.25, 0.3) is 0 Å². The molecule has 0 aliphatic heterocycles. The second-order valence-electron chi connectivity index (χ2n) is 5.93. The summed E-state index contributed by atoms with van der Waals surface area (Å²) in [5.41, 5.74) is 0.270. The molecule has 84 valence electrons. The summed E-state index contributed by atoms with van der Waals surface area (Å²) in [6.07, 6.45) is 8.67. The van der Waals surface area contributed by atoms with Crippen molar-refractivity contribution >= 4 is 0 Å². The first-order valence-electron chi connectivity index (χ1n) is 6.27. The summed E-state index contributed by atoms with van der Waals surface area (Å²) in [5, 5.41) is 3.72. The van der Waals surface area contributed by atoms with E-state index in [1.54, 1.807) is 0 Å². The largest absolute Gasteiger partial charge is 0.309 e. The van der Waals surface area contributed by atoms with Crippen molar-refractivity contribution < 1.29 is 0 Å². The molecule has 1 fully saturated rings. The van der Waals surface area contributed by atoms with Gasteiger partial charge in [0.05, 0.1) is 0 Å². The highest BCUT2D eigenvalue weighted by Crippen LogP contribution is 2.26. The zero-order chi connectivity index (χ0) is 10.6. The number of nitrogens with one attached hydrogen (secondary N) is 1. The van der Waals surface area contributed by atoms with Crippen LogP contribution in [0.15, 0.2) is 0 Å². The van der Waals surface area contributed by atoms with Crippen molar-refractivity contribution in [3.63, 3.8) is 0 Å². The number of rotatable bonds is 2. The molecule has 0 radical (unpaired) electrons. The molecule has 0 saturated heterocycles. The topological polar surface area (TPSA) is 12.0 Å². The van der Waals surface area contributed by atoms with E-state index in [2.05, 4.69) is 33.0 Å². The second kappa shape index (κ2) is 5.16. The lowest BCUT2D eigenvalue weighted by atomic mass is 9.91. The average molecular weight is 197 g/mol. The maximum atomic E-state index is 3.72. The SMILES string of the molecule is CC(NC(C)(C)C)C1CCCCCC1. The molecule has 1 saturated carbocycles. The van der Waals surface area contributed by atoms with Gasteiger partial charge in [-0.05, 0) is 46.5 Å². The molecule has 14 heavy (non-hydrogen) atoms. The molecular weight excluding hydrogens is 170 g/mol. The van der Waals surface area contributed by atoms with Crippen molar-refractivity contribution in [1.29, 1.82) is 0 Å². The maximum absolute atomic E-state index is 3.72. The van der Waals surface area contributed by atoms with Crippen LogP contribution in [0.25, 0.3) is 0 Å². The number of hydrogen-bond acceptors (Lipinski definition) is 1. The third-order valence-electron chi connectivity index (χ3n) is 3.27. The molecule has 1 heteroatoms. The predicted molar refractivity (Wildman–Crippen MR) is 63.5 cm³/mol. The van der Waals surface area contributed by atoms with Crippen LogP contribution in [0.3, 0.4) is 0 Å². The summed E-state index contributed by atoms with van der Waals surface area (Å²) < 4.78 is 0. The van der Waals surface area contributed by atoms with Crippen molar-refractivity contribution in [3.05, 3.63) is 0 Å². The average Bonchev–Trinajstić information content (AvgIpc) is 2.27. The highest BCUT2D eigenvalue weighted by molar-refractivity contribution is 4.81. The lowest BCUT2D eigenvalue weighted by Gasteiger charge is -2.31. The highest BCUT2D eigenvalue weighted by Gasteiger charge is 2.22. The quantitative estimate of drug-likeness (QED) is 0.665. The zero-order valence-corrected chi connectivity index (χ0v) is 10.4. The Morgan fingerprint density at radius 3 is 1.93 bits per heavy atom. The smallest absolute Gasteiger partial charge is 0.00990 e. The minimum absolute atomic E-state index is 0.270. The third kappa shape index (κ3) is 4.45. The molecule has 1 aliphatic rings. The van der Waals surface area contributed by atoms with Gasteiger partial charge in [-0.3, -0.25) is 0 Å². The van der Waals surface area contributed by atoms with Gasteiger partial charge in [-0.1, -0.05) is 25.7 Å². The molecule has 0 heterocycles. The van der Waals surface area contributed by atoms with Gasteiger partial charge in [-0.15, -0.1) is 0 Å². The molecule has 0 aromatic rings. The Morgan fingerprint density at radius 1 is 1.00 bits per heavy atom. The van der Waals surface area contributed by atoms with Crippen molar-refractivity contribution in [2.45, 2.75) is 77.8 Å². The fourth-order valence-electron chi connectivity index (χ4n) is 2.61. The highest BCUT2D eigenvalue weighted by atomic mass is 15.0. The van der Waals surface area contributed by atoms with Gasteiger partial charge in [0, 0.05) is 11.6 Å². The van der Waals surface area contributed by atoms with E-state index in [1.165, 1.54) is 38.5 Å². The van der Waals surface area contributed by atoms with Crippen molar-refractivity contribution in [2.24, 2.45) is 5.92 Å². The summed E-state index contributed by atoms with van der Waals surface area (Å²) >= 11 is 0. The molecule has 1 unspecified atom stereocenters. The Bertz CT molecular complexity index is 149. The van der Waals surface area contributed by atoms with Crippen LogP contribution >= 0.6 is 0 Å². The van der Waals surface area contributed by atoms with Crippen molar-refractivity contribution in [2.75, 3.05) is 0 Å². The zero-order valence-electron chi connectivity index (χ0n) is 10.4. The first-order valence-corrected chi connectivity index (χ1v) is 6.27. The van der Waals surface area contributed by atoms with E-state index in [4.69, 9.17) is 0 Å². The molecule has 0 aromatic heterocycles. The van der Waals surface area contributed by atoms with Crippen LogP contribution < -0.4 is 5.32 Å². The van der Waals surface area contributed by atoms with Gasteiger partial charge in [0.15, 0.2) is 0 Å². The van der Waals surface area contributed by atoms with E-state index in [1.807, 2.05) is 0 Å². The Kier molecular flexibility index (Phi) is 4.43. The van der Waals surface area contributed by atoms with E-state index in [-0.39, 0.29) is 5.54 Å². The monoisotopic (exact) mass is 197 g/mol. The summed E-state index contributed by atoms with van der Waals surface area (Å²) in [4.78, 5) is 0. The first kappa shape index (κ1) is 12.0. The van der Waals surface area contributed by atoms with Crippen LogP contribution in [0, 0.1) is 5.92 Å². The Balaban J connectivity index is 2.37. The van der Waals surface area contributed by atoms with Crippen LogP contribution in [0.2, 0.25) is 0 Å². The van der Waals surface area contributed by atoms with Crippen LogP contribution in [0.5, 0.6) is 0 Å². The minimum atomic E-state index is 0.270. The Labute approximate surface area is 89.7 Å². The molecule has 1 aliphatic carbocycles. The molecule has 0 spiro atoms. The van der Waals surface area contributed by atoms with Gasteiger partial charge in [-0.25, -0.2) is 0 Å². The summed E-state index contributed by atoms with van der Waals surface area (Å²) in [6.45, 7) is 9.15. The van der Waals surface area contributed by atoms with Crippen LogP contribution in [0.4, 0.5) is 0 Å². The Morgan fingerprint density at radius 2 is 1.50 bits per heavy atom. The van der Waals surface area contributed by atoms with Crippen molar-refractivity contribution in [1.82, 2.24) is 5.32 Å². The van der Waals surface area contributed by atoms with E-state index in [0.29, 0.717) is 6.04 Å². The number of hydrogen-bond donors (Lipinski definition) is 1. The second-order valence-corrected chi connectivity index (χ2v) is 5.93. The fraction of sp³-hybridized carbons (Fsp3) is 1.00. The molecule has 1 N–H and O–H groups in total. The lowest BCUT2D eigenvalue weighted by Crippen LogP contribution is -2.45. The summed E-state index contributed by atoms with van der Waals surface area (Å²) in [6, 6.07) is 0.688. The van der Waals surface area contributed by atoms with E-state index in [0.717, 1.165) is 5.92 Å². The predicted octanol–water partition coefficient (Wildman–Crippen LogP) is 3.73. The van der Waals surface area contributed by atoms with Crippen LogP contribution in [0.1, 0.15) is 66.2 Å². The normalized spacial score (nSPS) is 23.1. The molecule has 0 amide bonds. The van der Waals surface area contributed by atoms with Crippen LogP contribution in [-0.4, -0.2) is 11.6 Å². The van der Waals surface area contributed by atoms with Gasteiger partial charge < -0.3 is 5.32 Å². The molecular formula is C13H27N. The van der Waals surface area contributed by atoms with E-state index >= 15 is 0 Å². The Hall–Kier alpha value is -0.0400. The lowest BCUT2D eigenvalue weighted by molar-refractivity contribution is 0.275. The van der Waals surface area contributed by atoms with Gasteiger partial charge in [-0.2, -0.15) is 0 Å². The standard InChI is InChI=1S/C13H27N/c1-11(14-13(2,3)4)12-9-7-5-6-8-10-12/h11-12,14H,5-10H2,1-4H3. The molecule has 0 bridgehead atoms. The first-order chi connectivity index (χ1) is 6.49. The molecule has 1 nitrogen and oxygen atoms in total. The van der Waals surface area contributed by atoms with Gasteiger partial charge in [0.2, 0.25) is 0 Å². The van der Waals surface area contributed by atoms with Crippen LogP contribution in [-0.2, 0) is 0 Å². The van der Waals surface area contributed by atoms with Gasteiger partial charge >= 0.3 is 0 Å². The van der Waals surface area contributed by atoms with Gasteiger partial charge in [0.1, 0.15) is 0 Å². The third-order valence-corrected chi connectivity index (χ3v) is 3.27. The molecule has 1 atom stereocenters. The molecule has 1 rings (SSSR count). The summed E-state index contributed by atoms with van der Waals surface area (Å²) in [7, 11) is 0. The fourth-order valence-corrected chi connectivity index (χ4v) is 2.61. The molecule has 0 aromatic carbocycles. The maximum Gasteiger partial charge on any atom is 0.00990 e. The van der Waals surface area contributed by atoms with E-state index in [9.17, 15) is 0 Å². The minimum Gasteiger partial charge on any atom is -0.309 e. The van der Waals surface area contributed by atoms with Crippen molar-refractivity contribution in [3.8, 4) is 0 Å². The van der Waals surface area contributed by atoms with E-state index < -0.39 is 0 Å². The summed E-state index contributed by atoms with van der Waals surface area (Å²) in [5.74, 6) is 0.914.